The van der Waals surface area contributed by atoms with E-state index in [1.165, 1.54) is 37.7 Å². The average molecular weight is 367 g/mol. The molecule has 6 heteroatoms. The Morgan fingerprint density at radius 1 is 1.48 bits per heavy atom. The van der Waals surface area contributed by atoms with Crippen LogP contribution in [-0.4, -0.2) is 54.4 Å². The number of aliphatic hydroxyl groups is 1. The number of methoxy groups -OCH3 is 1. The van der Waals surface area contributed by atoms with Crippen LogP contribution in [0.15, 0.2) is 17.5 Å². The van der Waals surface area contributed by atoms with Crippen LogP contribution in [0.1, 0.15) is 49.9 Å². The molecule has 1 aliphatic carbocycles. The minimum atomic E-state index is -0.926. The van der Waals surface area contributed by atoms with E-state index in [1.54, 1.807) is 11.3 Å². The molecule has 1 saturated carbocycles. The summed E-state index contributed by atoms with van der Waals surface area (Å²) in [5.41, 5.74) is -0.926. The SMILES string of the molecule is COCC(=O)NC1C(c2cccs2)N(CC2CCCC2)CCC1(C)O. The van der Waals surface area contributed by atoms with Crippen LogP contribution in [0.4, 0.5) is 0 Å². The predicted octanol–water partition coefficient (Wildman–Crippen LogP) is 2.57. The first-order valence-corrected chi connectivity index (χ1v) is 10.2. The molecular weight excluding hydrogens is 336 g/mol. The van der Waals surface area contributed by atoms with Gasteiger partial charge in [-0.2, -0.15) is 0 Å². The molecule has 3 atom stereocenters. The van der Waals surface area contributed by atoms with Gasteiger partial charge < -0.3 is 15.2 Å². The summed E-state index contributed by atoms with van der Waals surface area (Å²) in [7, 11) is 1.52. The predicted molar refractivity (Wildman–Crippen MR) is 99.6 cm³/mol. The molecule has 1 amide bonds. The summed E-state index contributed by atoms with van der Waals surface area (Å²) in [4.78, 5) is 15.9. The summed E-state index contributed by atoms with van der Waals surface area (Å²) < 4.78 is 4.97. The Morgan fingerprint density at radius 2 is 2.24 bits per heavy atom. The standard InChI is InChI=1S/C19H30N2O3S/c1-19(23)9-10-21(12-14-6-3-4-7-14)17(15-8-5-11-25-15)18(19)20-16(22)13-24-2/h5,8,11,14,17-18,23H,3-4,6-7,9-10,12-13H2,1-2H3,(H,20,22). The Kier molecular flexibility index (Phi) is 6.15. The molecular formula is C19H30N2O3S. The summed E-state index contributed by atoms with van der Waals surface area (Å²) in [6.45, 7) is 3.78. The van der Waals surface area contributed by atoms with E-state index in [-0.39, 0.29) is 24.6 Å². The molecule has 3 unspecified atom stereocenters. The first-order valence-electron chi connectivity index (χ1n) is 9.29. The number of likely N-dealkylation sites (tertiary alicyclic amines) is 1. The van der Waals surface area contributed by atoms with E-state index < -0.39 is 5.60 Å². The average Bonchev–Trinajstić information content (AvgIpc) is 3.25. The lowest BCUT2D eigenvalue weighted by Gasteiger charge is -2.49. The Morgan fingerprint density at radius 3 is 2.88 bits per heavy atom. The number of carbonyl (C=O) groups excluding carboxylic acids is 1. The van der Waals surface area contributed by atoms with Gasteiger partial charge in [-0.3, -0.25) is 9.69 Å². The van der Waals surface area contributed by atoms with E-state index in [9.17, 15) is 9.90 Å². The quantitative estimate of drug-likeness (QED) is 0.812. The Labute approximate surface area is 154 Å². The van der Waals surface area contributed by atoms with Crippen molar-refractivity contribution >= 4 is 17.2 Å². The highest BCUT2D eigenvalue weighted by atomic mass is 32.1. The minimum absolute atomic E-state index is 0.0187. The lowest BCUT2D eigenvalue weighted by molar-refractivity contribution is -0.132. The van der Waals surface area contributed by atoms with Gasteiger partial charge >= 0.3 is 0 Å². The second-order valence-electron chi connectivity index (χ2n) is 7.69. The molecule has 5 nitrogen and oxygen atoms in total. The lowest BCUT2D eigenvalue weighted by Crippen LogP contribution is -2.63. The Balaban J connectivity index is 1.84. The van der Waals surface area contributed by atoms with Gasteiger partial charge in [0.2, 0.25) is 5.91 Å². The molecule has 1 aliphatic heterocycles. The highest BCUT2D eigenvalue weighted by Crippen LogP contribution is 2.40. The molecule has 1 aromatic heterocycles. The van der Waals surface area contributed by atoms with E-state index in [0.717, 1.165) is 19.0 Å². The van der Waals surface area contributed by atoms with E-state index in [4.69, 9.17) is 4.74 Å². The van der Waals surface area contributed by atoms with E-state index >= 15 is 0 Å². The van der Waals surface area contributed by atoms with Crippen LogP contribution in [0.5, 0.6) is 0 Å². The zero-order valence-corrected chi connectivity index (χ0v) is 16.1. The van der Waals surface area contributed by atoms with Gasteiger partial charge in [-0.25, -0.2) is 0 Å². The van der Waals surface area contributed by atoms with Gasteiger partial charge in [0.25, 0.3) is 0 Å². The molecule has 140 valence electrons. The van der Waals surface area contributed by atoms with Gasteiger partial charge in [-0.1, -0.05) is 18.9 Å². The number of thiophene rings is 1. The van der Waals surface area contributed by atoms with E-state index in [2.05, 4.69) is 21.7 Å². The van der Waals surface area contributed by atoms with Gasteiger partial charge in [0.15, 0.2) is 0 Å². The number of nitrogens with zero attached hydrogens (tertiary/aromatic N) is 1. The second kappa shape index (κ2) is 8.16. The molecule has 0 radical (unpaired) electrons. The third kappa shape index (κ3) is 4.42. The normalized spacial score (nSPS) is 31.3. The summed E-state index contributed by atoms with van der Waals surface area (Å²) in [5, 5.41) is 16.1. The fourth-order valence-corrected chi connectivity index (χ4v) is 5.23. The molecule has 1 saturated heterocycles. The van der Waals surface area contributed by atoms with Gasteiger partial charge in [-0.05, 0) is 43.6 Å². The van der Waals surface area contributed by atoms with Crippen molar-refractivity contribution in [3.8, 4) is 0 Å². The van der Waals surface area contributed by atoms with Crippen LogP contribution in [0.25, 0.3) is 0 Å². The monoisotopic (exact) mass is 366 g/mol. The van der Waals surface area contributed by atoms with Crippen LogP contribution in [-0.2, 0) is 9.53 Å². The Bertz CT molecular complexity index is 555. The van der Waals surface area contributed by atoms with Gasteiger partial charge in [0.1, 0.15) is 6.61 Å². The molecule has 2 fully saturated rings. The van der Waals surface area contributed by atoms with Crippen LogP contribution in [0, 0.1) is 5.92 Å². The fourth-order valence-electron chi connectivity index (χ4n) is 4.33. The van der Waals surface area contributed by atoms with Crippen molar-refractivity contribution < 1.29 is 14.6 Å². The van der Waals surface area contributed by atoms with Crippen molar-refractivity contribution in [2.75, 3.05) is 26.8 Å². The number of piperidine rings is 1. The number of rotatable bonds is 6. The van der Waals surface area contributed by atoms with Crippen molar-refractivity contribution in [3.63, 3.8) is 0 Å². The third-order valence-corrected chi connectivity index (χ3v) is 6.62. The highest BCUT2D eigenvalue weighted by Gasteiger charge is 2.46. The molecule has 25 heavy (non-hydrogen) atoms. The largest absolute Gasteiger partial charge is 0.388 e. The van der Waals surface area contributed by atoms with Crippen molar-refractivity contribution in [2.24, 2.45) is 5.92 Å². The molecule has 0 aromatic carbocycles. The maximum Gasteiger partial charge on any atom is 0.246 e. The van der Waals surface area contributed by atoms with Crippen molar-refractivity contribution in [2.45, 2.75) is 56.7 Å². The van der Waals surface area contributed by atoms with Gasteiger partial charge in [0.05, 0.1) is 17.7 Å². The zero-order valence-electron chi connectivity index (χ0n) is 15.2. The molecule has 0 bridgehead atoms. The van der Waals surface area contributed by atoms with Crippen LogP contribution in [0.3, 0.4) is 0 Å². The molecule has 1 aromatic rings. The number of carbonyl (C=O) groups is 1. The third-order valence-electron chi connectivity index (χ3n) is 5.68. The van der Waals surface area contributed by atoms with E-state index in [1.807, 2.05) is 13.0 Å². The molecule has 3 rings (SSSR count). The highest BCUT2D eigenvalue weighted by molar-refractivity contribution is 7.10. The number of hydrogen-bond acceptors (Lipinski definition) is 5. The second-order valence-corrected chi connectivity index (χ2v) is 8.67. The zero-order chi connectivity index (χ0) is 17.9. The molecule has 2 N–H and O–H groups in total. The topological polar surface area (TPSA) is 61.8 Å². The van der Waals surface area contributed by atoms with Crippen LogP contribution < -0.4 is 5.32 Å². The summed E-state index contributed by atoms with van der Waals surface area (Å²) in [6, 6.07) is 3.85. The molecule has 2 heterocycles. The van der Waals surface area contributed by atoms with E-state index in [0.29, 0.717) is 6.42 Å². The number of ether oxygens (including phenoxy) is 1. The number of hydrogen-bond donors (Lipinski definition) is 2. The first kappa shape index (κ1) is 18.8. The van der Waals surface area contributed by atoms with Gasteiger partial charge in [-0.15, -0.1) is 11.3 Å². The number of amides is 1. The Hall–Kier alpha value is -0.950. The van der Waals surface area contributed by atoms with Gasteiger partial charge in [0, 0.05) is 25.1 Å². The first-order chi connectivity index (χ1) is 12.0. The van der Waals surface area contributed by atoms with Crippen LogP contribution in [0.2, 0.25) is 0 Å². The summed E-state index contributed by atoms with van der Waals surface area (Å²) in [5.74, 6) is 0.567. The van der Waals surface area contributed by atoms with Crippen molar-refractivity contribution in [3.05, 3.63) is 22.4 Å². The smallest absolute Gasteiger partial charge is 0.246 e. The minimum Gasteiger partial charge on any atom is -0.388 e. The van der Waals surface area contributed by atoms with Crippen LogP contribution >= 0.6 is 11.3 Å². The van der Waals surface area contributed by atoms with Crippen molar-refractivity contribution in [1.29, 1.82) is 0 Å². The summed E-state index contributed by atoms with van der Waals surface area (Å²) in [6.07, 6.45) is 5.91. The number of nitrogens with one attached hydrogen (secondary N) is 1. The molecule has 0 spiro atoms. The maximum atomic E-state index is 12.2. The van der Waals surface area contributed by atoms with Crippen molar-refractivity contribution in [1.82, 2.24) is 10.2 Å². The maximum absolute atomic E-state index is 12.2. The summed E-state index contributed by atoms with van der Waals surface area (Å²) >= 11 is 1.70. The lowest BCUT2D eigenvalue weighted by atomic mass is 9.81. The fraction of sp³-hybridized carbons (Fsp3) is 0.737. The molecule has 2 aliphatic rings.